The molecule has 0 bridgehead atoms. The van der Waals surface area contributed by atoms with E-state index in [-0.39, 0.29) is 12.0 Å². The molecule has 1 aromatic carbocycles. The normalized spacial score (nSPS) is 11.2. The molecule has 14 heavy (non-hydrogen) atoms. The topological polar surface area (TPSA) is 80.7 Å². The molecule has 0 saturated heterocycles. The largest absolute Gasteiger partial charge is 0.408 e. The Morgan fingerprint density at radius 1 is 1.29 bits per heavy atom. The van der Waals surface area contributed by atoms with Gasteiger partial charge in [-0.1, -0.05) is 30.3 Å². The predicted molar refractivity (Wildman–Crippen MR) is 51.0 cm³/mol. The number of hydrogen-bond acceptors (Lipinski definition) is 5. The highest BCUT2D eigenvalue weighted by Crippen LogP contribution is 2.14. The van der Waals surface area contributed by atoms with E-state index in [1.165, 1.54) is 12.1 Å². The molecule has 0 saturated carbocycles. The Balaban J connectivity index is 2.61. The minimum absolute atomic E-state index is 0.0596. The molecule has 7 heteroatoms. The first-order valence-corrected chi connectivity index (χ1v) is 5.52. The molecular formula is C7H6O5S2. The van der Waals surface area contributed by atoms with Gasteiger partial charge in [0, 0.05) is 5.56 Å². The van der Waals surface area contributed by atoms with E-state index in [1.807, 2.05) is 0 Å². The smallest absolute Gasteiger partial charge is 0.279 e. The number of rotatable bonds is 3. The summed E-state index contributed by atoms with van der Waals surface area (Å²) >= 11 is 0.0596. The molecule has 0 aliphatic heterocycles. The van der Waals surface area contributed by atoms with Gasteiger partial charge in [-0.25, -0.2) is 0 Å². The van der Waals surface area contributed by atoms with Gasteiger partial charge in [0.1, 0.15) is 0 Å². The van der Waals surface area contributed by atoms with Crippen molar-refractivity contribution in [1.82, 2.24) is 0 Å². The summed E-state index contributed by atoms with van der Waals surface area (Å²) in [5.41, 5.74) is 0.293. The molecule has 0 fully saturated rings. The molecule has 5 nitrogen and oxygen atoms in total. The average molecular weight is 234 g/mol. The Morgan fingerprint density at radius 2 is 1.86 bits per heavy atom. The van der Waals surface area contributed by atoms with Crippen LogP contribution in [0.1, 0.15) is 10.4 Å². The maximum Gasteiger partial charge on any atom is 0.408 e. The third kappa shape index (κ3) is 3.88. The maximum atomic E-state index is 11.2. The zero-order valence-electron chi connectivity index (χ0n) is 6.78. The Labute approximate surface area is 85.2 Å². The molecule has 0 unspecified atom stereocenters. The molecule has 0 heterocycles. The van der Waals surface area contributed by atoms with Crippen molar-refractivity contribution in [3.8, 4) is 0 Å². The fourth-order valence-corrected chi connectivity index (χ4v) is 1.52. The van der Waals surface area contributed by atoms with Crippen molar-refractivity contribution in [3.63, 3.8) is 0 Å². The van der Waals surface area contributed by atoms with Gasteiger partial charge in [-0.05, 0) is 0 Å². The third-order valence-electron chi connectivity index (χ3n) is 1.21. The van der Waals surface area contributed by atoms with Crippen LogP contribution < -0.4 is 0 Å². The van der Waals surface area contributed by atoms with Gasteiger partial charge in [-0.3, -0.25) is 9.35 Å². The minimum atomic E-state index is -4.59. The van der Waals surface area contributed by atoms with Gasteiger partial charge in [0.15, 0.2) is 0 Å². The fraction of sp³-hybridized carbons (Fsp3) is 0. The summed E-state index contributed by atoms with van der Waals surface area (Å²) < 4.78 is 32.3. The van der Waals surface area contributed by atoms with Crippen LogP contribution in [0.5, 0.6) is 0 Å². The Kier molecular flexibility index (Phi) is 3.64. The SMILES string of the molecule is O=C(SOS(=O)(=O)O)c1ccccc1. The van der Waals surface area contributed by atoms with Crippen LogP contribution in [0.3, 0.4) is 0 Å². The standard InChI is InChI=1S/C7H6O5S2/c8-7(13-12-14(9,10)11)6-4-2-1-3-5-6/h1-5H,(H,9,10,11). The van der Waals surface area contributed by atoms with E-state index in [9.17, 15) is 13.2 Å². The Bertz CT molecular complexity index is 411. The second kappa shape index (κ2) is 4.56. The summed E-state index contributed by atoms with van der Waals surface area (Å²) in [7, 11) is -4.59. The predicted octanol–water partition coefficient (Wildman–Crippen LogP) is 1.29. The molecule has 0 aliphatic rings. The number of carbonyl (C=O) groups is 1. The van der Waals surface area contributed by atoms with Crippen LogP contribution in [0, 0.1) is 0 Å². The molecule has 0 aromatic heterocycles. The van der Waals surface area contributed by atoms with Crippen molar-refractivity contribution in [2.75, 3.05) is 0 Å². The molecule has 1 N–H and O–H groups in total. The molecular weight excluding hydrogens is 228 g/mol. The summed E-state index contributed by atoms with van der Waals surface area (Å²) in [6.07, 6.45) is 0. The van der Waals surface area contributed by atoms with Gasteiger partial charge in [-0.15, -0.1) is 0 Å². The molecule has 1 aromatic rings. The summed E-state index contributed by atoms with van der Waals surface area (Å²) in [5.74, 6) is 0. The average Bonchev–Trinajstić information content (AvgIpc) is 2.14. The van der Waals surface area contributed by atoms with Gasteiger partial charge in [0.2, 0.25) is 5.12 Å². The van der Waals surface area contributed by atoms with Gasteiger partial charge in [0.25, 0.3) is 0 Å². The van der Waals surface area contributed by atoms with Crippen LogP contribution in [0.4, 0.5) is 0 Å². The van der Waals surface area contributed by atoms with Crippen molar-refractivity contribution >= 4 is 27.6 Å². The summed E-state index contributed by atoms with van der Waals surface area (Å²) in [6.45, 7) is 0. The molecule has 0 radical (unpaired) electrons. The number of hydrogen-bond donors (Lipinski definition) is 1. The number of benzene rings is 1. The molecule has 0 aliphatic carbocycles. The van der Waals surface area contributed by atoms with Gasteiger partial charge < -0.3 is 0 Å². The van der Waals surface area contributed by atoms with Crippen molar-refractivity contribution in [2.45, 2.75) is 0 Å². The lowest BCUT2D eigenvalue weighted by atomic mass is 10.2. The summed E-state index contributed by atoms with van der Waals surface area (Å²) in [6, 6.07) is 7.97. The van der Waals surface area contributed by atoms with E-state index in [0.29, 0.717) is 5.56 Å². The van der Waals surface area contributed by atoms with Crippen LogP contribution in [0.25, 0.3) is 0 Å². The van der Waals surface area contributed by atoms with Crippen LogP contribution in [-0.4, -0.2) is 18.1 Å². The maximum absolute atomic E-state index is 11.2. The molecule has 0 spiro atoms. The van der Waals surface area contributed by atoms with E-state index in [1.54, 1.807) is 18.2 Å². The van der Waals surface area contributed by atoms with Gasteiger partial charge >= 0.3 is 10.4 Å². The molecule has 0 amide bonds. The second-order valence-corrected chi connectivity index (χ2v) is 4.17. The zero-order chi connectivity index (χ0) is 10.6. The highest BCUT2D eigenvalue weighted by molar-refractivity contribution is 8.14. The van der Waals surface area contributed by atoms with E-state index < -0.39 is 15.5 Å². The van der Waals surface area contributed by atoms with Gasteiger partial charge in [0.05, 0.1) is 12.0 Å². The molecule has 76 valence electrons. The minimum Gasteiger partial charge on any atom is -0.279 e. The molecule has 1 rings (SSSR count). The van der Waals surface area contributed by atoms with E-state index in [0.717, 1.165) is 0 Å². The first kappa shape index (κ1) is 11.2. The lowest BCUT2D eigenvalue weighted by Crippen LogP contribution is -2.01. The van der Waals surface area contributed by atoms with Crippen LogP contribution in [0.2, 0.25) is 0 Å². The lowest BCUT2D eigenvalue weighted by molar-refractivity contribution is 0.108. The first-order chi connectivity index (χ1) is 6.49. The monoisotopic (exact) mass is 234 g/mol. The van der Waals surface area contributed by atoms with Crippen molar-refractivity contribution in [3.05, 3.63) is 35.9 Å². The quantitative estimate of drug-likeness (QED) is 0.627. The summed E-state index contributed by atoms with van der Waals surface area (Å²) in [5, 5.41) is -0.594. The van der Waals surface area contributed by atoms with E-state index in [2.05, 4.69) is 3.63 Å². The van der Waals surface area contributed by atoms with Crippen molar-refractivity contribution < 1.29 is 21.4 Å². The van der Waals surface area contributed by atoms with Crippen LogP contribution in [0.15, 0.2) is 30.3 Å². The second-order valence-electron chi connectivity index (χ2n) is 2.23. The third-order valence-corrected chi connectivity index (χ3v) is 2.55. The fourth-order valence-electron chi connectivity index (χ4n) is 0.696. The molecule has 0 atom stereocenters. The van der Waals surface area contributed by atoms with Crippen LogP contribution in [-0.2, 0) is 14.0 Å². The Morgan fingerprint density at radius 3 is 2.36 bits per heavy atom. The Hall–Kier alpha value is -0.890. The highest BCUT2D eigenvalue weighted by Gasteiger charge is 2.12. The lowest BCUT2D eigenvalue weighted by Gasteiger charge is -1.97. The highest BCUT2D eigenvalue weighted by atomic mass is 32.3. The van der Waals surface area contributed by atoms with E-state index >= 15 is 0 Å². The zero-order valence-corrected chi connectivity index (χ0v) is 8.42. The summed E-state index contributed by atoms with van der Waals surface area (Å²) in [4.78, 5) is 11.2. The van der Waals surface area contributed by atoms with E-state index in [4.69, 9.17) is 4.55 Å². The van der Waals surface area contributed by atoms with Gasteiger partial charge in [-0.2, -0.15) is 12.0 Å². The first-order valence-electron chi connectivity index (χ1n) is 3.42. The van der Waals surface area contributed by atoms with Crippen LogP contribution >= 0.6 is 12.0 Å². The van der Waals surface area contributed by atoms with Crippen molar-refractivity contribution in [2.24, 2.45) is 0 Å². The number of carbonyl (C=O) groups excluding carboxylic acids is 1. The van der Waals surface area contributed by atoms with Crippen molar-refractivity contribution in [1.29, 1.82) is 0 Å².